The lowest BCUT2D eigenvalue weighted by Gasteiger charge is -2.26. The SMILES string of the molecule is O=C(CCn1cc(-n2ccc(=O)c(Cc3c[c]ccc3)n2)cn1)NC1COC1. The zero-order valence-corrected chi connectivity index (χ0v) is 15.2. The lowest BCUT2D eigenvalue weighted by molar-refractivity contribution is -0.125. The molecule has 0 spiro atoms. The van der Waals surface area contributed by atoms with Crippen molar-refractivity contribution >= 4 is 5.91 Å². The minimum Gasteiger partial charge on any atom is -0.377 e. The van der Waals surface area contributed by atoms with Crippen molar-refractivity contribution in [2.75, 3.05) is 13.2 Å². The van der Waals surface area contributed by atoms with Crippen molar-refractivity contribution in [1.29, 1.82) is 0 Å². The number of aryl methyl sites for hydroxylation is 1. The Balaban J connectivity index is 1.42. The average molecular weight is 378 g/mol. The van der Waals surface area contributed by atoms with Gasteiger partial charge in [-0.1, -0.05) is 24.3 Å². The molecule has 8 nitrogen and oxygen atoms in total. The summed E-state index contributed by atoms with van der Waals surface area (Å²) in [5.41, 5.74) is 2.05. The number of rotatable bonds is 7. The van der Waals surface area contributed by atoms with Crippen molar-refractivity contribution in [2.45, 2.75) is 25.4 Å². The van der Waals surface area contributed by atoms with E-state index in [1.165, 1.54) is 6.07 Å². The van der Waals surface area contributed by atoms with Crippen LogP contribution < -0.4 is 10.7 Å². The fraction of sp³-hybridized carbons (Fsp3) is 0.300. The third-order valence-electron chi connectivity index (χ3n) is 4.48. The summed E-state index contributed by atoms with van der Waals surface area (Å²) < 4.78 is 8.36. The van der Waals surface area contributed by atoms with Crippen LogP contribution in [0, 0.1) is 6.07 Å². The Morgan fingerprint density at radius 2 is 2.25 bits per heavy atom. The quantitative estimate of drug-likeness (QED) is 0.654. The minimum atomic E-state index is -0.107. The van der Waals surface area contributed by atoms with E-state index >= 15 is 0 Å². The number of benzene rings is 1. The fourth-order valence-corrected chi connectivity index (χ4v) is 2.88. The Kier molecular flexibility index (Phi) is 5.29. The Morgan fingerprint density at radius 3 is 3.00 bits per heavy atom. The van der Waals surface area contributed by atoms with E-state index in [-0.39, 0.29) is 17.4 Å². The molecule has 0 bridgehead atoms. The molecule has 3 aromatic rings. The summed E-state index contributed by atoms with van der Waals surface area (Å²) in [5.74, 6) is -0.0196. The zero-order valence-electron chi connectivity index (χ0n) is 15.2. The van der Waals surface area contributed by atoms with Gasteiger partial charge in [0, 0.05) is 31.6 Å². The van der Waals surface area contributed by atoms with Gasteiger partial charge in [-0.25, -0.2) is 4.68 Å². The van der Waals surface area contributed by atoms with Crippen LogP contribution in [0.1, 0.15) is 17.7 Å². The lowest BCUT2D eigenvalue weighted by Crippen LogP contribution is -2.48. The van der Waals surface area contributed by atoms with Crippen LogP contribution >= 0.6 is 0 Å². The molecule has 1 N–H and O–H groups in total. The number of nitrogens with one attached hydrogen (secondary N) is 1. The third-order valence-corrected chi connectivity index (χ3v) is 4.48. The number of amides is 1. The van der Waals surface area contributed by atoms with Gasteiger partial charge < -0.3 is 10.1 Å². The van der Waals surface area contributed by atoms with Crippen molar-refractivity contribution < 1.29 is 9.53 Å². The first kappa shape index (κ1) is 18.1. The second-order valence-electron chi connectivity index (χ2n) is 6.67. The third kappa shape index (κ3) is 4.34. The van der Waals surface area contributed by atoms with Crippen LogP contribution in [0.4, 0.5) is 0 Å². The molecule has 8 heteroatoms. The Hall–Kier alpha value is -3.26. The summed E-state index contributed by atoms with van der Waals surface area (Å²) in [4.78, 5) is 24.0. The molecule has 0 saturated carbocycles. The molecule has 1 aliphatic heterocycles. The molecular weight excluding hydrogens is 358 g/mol. The number of hydrogen-bond donors (Lipinski definition) is 1. The van der Waals surface area contributed by atoms with Crippen LogP contribution in [0.3, 0.4) is 0 Å². The predicted octanol–water partition coefficient (Wildman–Crippen LogP) is 0.725. The molecule has 1 radical (unpaired) electrons. The predicted molar refractivity (Wildman–Crippen MR) is 101 cm³/mol. The van der Waals surface area contributed by atoms with Crippen molar-refractivity contribution in [2.24, 2.45) is 0 Å². The first-order valence-electron chi connectivity index (χ1n) is 9.11. The molecule has 1 amide bonds. The maximum Gasteiger partial charge on any atom is 0.222 e. The largest absolute Gasteiger partial charge is 0.377 e. The molecule has 28 heavy (non-hydrogen) atoms. The first-order valence-corrected chi connectivity index (χ1v) is 9.11. The highest BCUT2D eigenvalue weighted by Crippen LogP contribution is 2.07. The standard InChI is InChI=1S/C20H20N5O3/c26-19-6-9-25(23-18(19)10-15-4-2-1-3-5-15)17-11-21-24(12-17)8-7-20(27)22-16-13-28-14-16/h1-2,4-6,9,11-12,16H,7-8,10,13-14H2,(H,22,27). The molecule has 1 fully saturated rings. The van der Waals surface area contributed by atoms with Crippen molar-refractivity contribution in [3.05, 3.63) is 76.5 Å². The summed E-state index contributed by atoms with van der Waals surface area (Å²) in [5, 5.41) is 11.6. The molecular formula is C20H20N5O3. The molecule has 0 unspecified atom stereocenters. The number of ether oxygens (including phenoxy) is 1. The summed E-state index contributed by atoms with van der Waals surface area (Å²) in [6, 6.07) is 12.1. The van der Waals surface area contributed by atoms with Gasteiger partial charge in [-0.05, 0) is 11.6 Å². The summed E-state index contributed by atoms with van der Waals surface area (Å²) >= 11 is 0. The number of carbonyl (C=O) groups is 1. The molecule has 3 heterocycles. The van der Waals surface area contributed by atoms with Crippen LogP contribution in [-0.4, -0.2) is 44.7 Å². The van der Waals surface area contributed by atoms with Crippen molar-refractivity contribution in [3.8, 4) is 5.69 Å². The highest BCUT2D eigenvalue weighted by molar-refractivity contribution is 5.76. The zero-order chi connectivity index (χ0) is 19.3. The van der Waals surface area contributed by atoms with Crippen LogP contribution in [-0.2, 0) is 22.5 Å². The second kappa shape index (κ2) is 8.18. The Morgan fingerprint density at radius 1 is 1.36 bits per heavy atom. The van der Waals surface area contributed by atoms with Crippen LogP contribution in [0.5, 0.6) is 0 Å². The summed E-state index contributed by atoms with van der Waals surface area (Å²) in [6.45, 7) is 1.63. The Labute approximate surface area is 161 Å². The van der Waals surface area contributed by atoms with E-state index in [2.05, 4.69) is 21.6 Å². The molecule has 1 saturated heterocycles. The maximum atomic E-state index is 12.1. The normalized spacial score (nSPS) is 13.9. The number of hydrogen-bond acceptors (Lipinski definition) is 5. The van der Waals surface area contributed by atoms with Gasteiger partial charge >= 0.3 is 0 Å². The van der Waals surface area contributed by atoms with E-state index < -0.39 is 0 Å². The van der Waals surface area contributed by atoms with E-state index in [9.17, 15) is 9.59 Å². The van der Waals surface area contributed by atoms with Gasteiger partial charge in [-0.2, -0.15) is 10.2 Å². The van der Waals surface area contributed by atoms with Crippen molar-refractivity contribution in [1.82, 2.24) is 24.9 Å². The van der Waals surface area contributed by atoms with E-state index in [1.54, 1.807) is 28.0 Å². The molecule has 143 valence electrons. The second-order valence-corrected chi connectivity index (χ2v) is 6.67. The summed E-state index contributed by atoms with van der Waals surface area (Å²) in [6.07, 6.45) is 5.86. The van der Waals surface area contributed by atoms with Gasteiger partial charge in [0.2, 0.25) is 11.3 Å². The maximum absolute atomic E-state index is 12.1. The van der Waals surface area contributed by atoms with E-state index in [4.69, 9.17) is 4.74 Å². The van der Waals surface area contributed by atoms with Gasteiger partial charge in [0.05, 0.1) is 31.6 Å². The number of carbonyl (C=O) groups excluding carboxylic acids is 1. The molecule has 0 atom stereocenters. The van der Waals surface area contributed by atoms with Crippen molar-refractivity contribution in [3.63, 3.8) is 0 Å². The molecule has 0 aliphatic carbocycles. The minimum absolute atomic E-state index is 0.0196. The van der Waals surface area contributed by atoms with Crippen LogP contribution in [0.2, 0.25) is 0 Å². The van der Waals surface area contributed by atoms with E-state index in [0.717, 1.165) is 11.3 Å². The highest BCUT2D eigenvalue weighted by atomic mass is 16.5. The highest BCUT2D eigenvalue weighted by Gasteiger charge is 2.20. The first-order chi connectivity index (χ1) is 13.7. The van der Waals surface area contributed by atoms with Crippen LogP contribution in [0.15, 0.2) is 53.7 Å². The van der Waals surface area contributed by atoms with E-state index in [1.807, 2.05) is 24.3 Å². The molecule has 4 rings (SSSR count). The monoisotopic (exact) mass is 378 g/mol. The fourth-order valence-electron chi connectivity index (χ4n) is 2.88. The van der Waals surface area contributed by atoms with Gasteiger partial charge in [0.25, 0.3) is 0 Å². The molecule has 2 aromatic heterocycles. The van der Waals surface area contributed by atoms with Gasteiger partial charge in [0.15, 0.2) is 0 Å². The number of nitrogens with zero attached hydrogens (tertiary/aromatic N) is 4. The Bertz CT molecular complexity index is 1010. The van der Waals surface area contributed by atoms with E-state index in [0.29, 0.717) is 38.3 Å². The average Bonchev–Trinajstić information content (AvgIpc) is 3.15. The topological polar surface area (TPSA) is 91.0 Å². The van der Waals surface area contributed by atoms with Crippen LogP contribution in [0.25, 0.3) is 5.69 Å². The smallest absolute Gasteiger partial charge is 0.222 e. The van der Waals surface area contributed by atoms with Gasteiger partial charge in [-0.15, -0.1) is 0 Å². The van der Waals surface area contributed by atoms with Gasteiger partial charge in [-0.3, -0.25) is 14.3 Å². The number of aromatic nitrogens is 4. The lowest BCUT2D eigenvalue weighted by atomic mass is 10.1. The van der Waals surface area contributed by atoms with Gasteiger partial charge in [0.1, 0.15) is 11.4 Å². The molecule has 1 aliphatic rings. The summed E-state index contributed by atoms with van der Waals surface area (Å²) in [7, 11) is 0. The molecule has 1 aromatic carbocycles.